The van der Waals surface area contributed by atoms with E-state index < -0.39 is 48.2 Å². The minimum absolute atomic E-state index is 0.114. The van der Waals surface area contributed by atoms with E-state index in [1.54, 1.807) is 6.92 Å². The number of benzene rings is 1. The van der Waals surface area contributed by atoms with Gasteiger partial charge in [0.15, 0.2) is 19.7 Å². The zero-order valence-corrected chi connectivity index (χ0v) is 17.3. The molecule has 2 rings (SSSR count). The van der Waals surface area contributed by atoms with E-state index >= 15 is 0 Å². The molecule has 0 aliphatic carbocycles. The Bertz CT molecular complexity index is 1070. The fourth-order valence-electron chi connectivity index (χ4n) is 2.48. The van der Waals surface area contributed by atoms with Gasteiger partial charge in [0.2, 0.25) is 0 Å². The highest BCUT2D eigenvalue weighted by Gasteiger charge is 2.32. The molecule has 1 aromatic heterocycles. The van der Waals surface area contributed by atoms with Crippen LogP contribution in [0.25, 0.3) is 0 Å². The van der Waals surface area contributed by atoms with Gasteiger partial charge in [-0.25, -0.2) is 16.8 Å². The lowest BCUT2D eigenvalue weighted by Crippen LogP contribution is -2.19. The number of hydrogen-bond acceptors (Lipinski definition) is 6. The van der Waals surface area contributed by atoms with E-state index in [2.05, 4.69) is 4.98 Å². The number of pyridine rings is 1. The normalized spacial score (nSPS) is 14.0. The van der Waals surface area contributed by atoms with Crippen LogP contribution in [0.5, 0.6) is 0 Å². The van der Waals surface area contributed by atoms with Gasteiger partial charge in [-0.05, 0) is 30.7 Å². The summed E-state index contributed by atoms with van der Waals surface area (Å²) in [4.78, 5) is 3.22. The average molecular weight is 451 g/mol. The van der Waals surface area contributed by atoms with Crippen molar-refractivity contribution in [1.82, 2.24) is 4.98 Å². The van der Waals surface area contributed by atoms with E-state index in [9.17, 15) is 30.0 Å². The summed E-state index contributed by atoms with van der Waals surface area (Å²) in [6, 6.07) is 4.70. The predicted molar refractivity (Wildman–Crippen MR) is 99.8 cm³/mol. The Kier molecular flexibility index (Phi) is 7.07. The Balaban J connectivity index is 2.42. The molecule has 0 radical (unpaired) electrons. The number of aromatic nitrogens is 1. The number of rotatable bonds is 8. The first-order valence-corrected chi connectivity index (χ1v) is 12.1. The molecule has 0 N–H and O–H groups in total. The Morgan fingerprint density at radius 3 is 2.34 bits per heavy atom. The molecule has 160 valence electrons. The van der Waals surface area contributed by atoms with Crippen LogP contribution in [0.4, 0.5) is 13.2 Å². The van der Waals surface area contributed by atoms with Crippen molar-refractivity contribution in [3.8, 4) is 0 Å². The Morgan fingerprint density at radius 1 is 1.07 bits per heavy atom. The molecule has 0 amide bonds. The second-order valence-electron chi connectivity index (χ2n) is 6.39. The van der Waals surface area contributed by atoms with Crippen molar-refractivity contribution in [2.24, 2.45) is 0 Å². The van der Waals surface area contributed by atoms with E-state index in [0.717, 1.165) is 30.7 Å². The van der Waals surface area contributed by atoms with Gasteiger partial charge >= 0.3 is 6.18 Å². The summed E-state index contributed by atoms with van der Waals surface area (Å²) in [6.07, 6.45) is -1.84. The highest BCUT2D eigenvalue weighted by atomic mass is 32.2. The molecule has 2 aromatic rings. The molecule has 0 unspecified atom stereocenters. The first kappa shape index (κ1) is 23.3. The summed E-state index contributed by atoms with van der Waals surface area (Å²) in [7, 11) is -7.76. The highest BCUT2D eigenvalue weighted by molar-refractivity contribution is 7.91. The standard InChI is InChI=1S/C18H20F3NO5S2/c1-3-7-27-17(13-8-16(11-22-10-13)28(2,23)24)12-29(25,26)15-6-4-5-14(9-15)18(19,20)21/h4-6,8-11,17H,3,7,12H2,1-2H3/t17-/m0/s1. The molecule has 0 bridgehead atoms. The molecule has 0 saturated heterocycles. The van der Waals surface area contributed by atoms with Crippen LogP contribution >= 0.6 is 0 Å². The molecular formula is C18H20F3NO5S2. The average Bonchev–Trinajstić information content (AvgIpc) is 2.64. The lowest BCUT2D eigenvalue weighted by Gasteiger charge is -2.19. The maximum atomic E-state index is 12.9. The lowest BCUT2D eigenvalue weighted by molar-refractivity contribution is -0.137. The van der Waals surface area contributed by atoms with Crippen molar-refractivity contribution < 1.29 is 34.7 Å². The topological polar surface area (TPSA) is 90.4 Å². The largest absolute Gasteiger partial charge is 0.416 e. The van der Waals surface area contributed by atoms with E-state index in [-0.39, 0.29) is 17.1 Å². The first-order chi connectivity index (χ1) is 13.3. The SMILES string of the molecule is CCCO[C@@H](CS(=O)(=O)c1cccc(C(F)(F)F)c1)c1cncc(S(C)(=O)=O)c1. The van der Waals surface area contributed by atoms with Crippen LogP contribution in [0.1, 0.15) is 30.6 Å². The van der Waals surface area contributed by atoms with Crippen molar-refractivity contribution in [2.75, 3.05) is 18.6 Å². The van der Waals surface area contributed by atoms with Crippen molar-refractivity contribution in [2.45, 2.75) is 35.4 Å². The van der Waals surface area contributed by atoms with Crippen LogP contribution in [-0.4, -0.2) is 40.4 Å². The summed E-state index contributed by atoms with van der Waals surface area (Å²) in [6.45, 7) is 1.97. The van der Waals surface area contributed by atoms with Crippen LogP contribution in [0.2, 0.25) is 0 Å². The maximum absolute atomic E-state index is 12.9. The maximum Gasteiger partial charge on any atom is 0.416 e. The third kappa shape index (κ3) is 6.25. The summed E-state index contributed by atoms with van der Waals surface area (Å²) < 4.78 is 93.3. The summed E-state index contributed by atoms with van der Waals surface area (Å²) in [5.41, 5.74) is -0.873. The minimum atomic E-state index is -4.68. The van der Waals surface area contributed by atoms with Gasteiger partial charge in [0.1, 0.15) is 0 Å². The fraction of sp³-hybridized carbons (Fsp3) is 0.389. The molecule has 29 heavy (non-hydrogen) atoms. The molecule has 0 spiro atoms. The molecule has 6 nitrogen and oxygen atoms in total. The molecule has 1 aromatic carbocycles. The molecule has 0 saturated carbocycles. The van der Waals surface area contributed by atoms with Gasteiger partial charge in [-0.3, -0.25) is 4.98 Å². The number of nitrogens with zero attached hydrogens (tertiary/aromatic N) is 1. The lowest BCUT2D eigenvalue weighted by atomic mass is 10.2. The number of alkyl halides is 3. The second kappa shape index (κ2) is 8.80. The molecule has 0 fully saturated rings. The quantitative estimate of drug-likeness (QED) is 0.611. The van der Waals surface area contributed by atoms with E-state index in [4.69, 9.17) is 4.74 Å². The molecule has 0 aliphatic heterocycles. The van der Waals surface area contributed by atoms with Crippen molar-refractivity contribution >= 4 is 19.7 Å². The number of sulfone groups is 2. The van der Waals surface area contributed by atoms with Crippen molar-refractivity contribution in [1.29, 1.82) is 0 Å². The summed E-state index contributed by atoms with van der Waals surface area (Å²) in [5, 5.41) is 0. The molecular weight excluding hydrogens is 431 g/mol. The Morgan fingerprint density at radius 2 is 1.76 bits per heavy atom. The van der Waals surface area contributed by atoms with Crippen LogP contribution in [-0.2, 0) is 30.6 Å². The first-order valence-electron chi connectivity index (χ1n) is 8.51. The monoisotopic (exact) mass is 451 g/mol. The number of halogens is 3. The predicted octanol–water partition coefficient (Wildman–Crippen LogP) is 3.45. The number of hydrogen-bond donors (Lipinski definition) is 0. The van der Waals surface area contributed by atoms with Gasteiger partial charge in [-0.15, -0.1) is 0 Å². The molecule has 0 aliphatic rings. The van der Waals surface area contributed by atoms with E-state index in [0.29, 0.717) is 12.5 Å². The second-order valence-corrected chi connectivity index (χ2v) is 10.4. The van der Waals surface area contributed by atoms with E-state index in [1.165, 1.54) is 12.3 Å². The van der Waals surface area contributed by atoms with Gasteiger partial charge in [0.25, 0.3) is 0 Å². The summed E-state index contributed by atoms with van der Waals surface area (Å²) in [5.74, 6) is -0.663. The van der Waals surface area contributed by atoms with Crippen LogP contribution in [0.3, 0.4) is 0 Å². The van der Waals surface area contributed by atoms with Gasteiger partial charge in [0.05, 0.1) is 27.2 Å². The third-order valence-electron chi connectivity index (χ3n) is 3.95. The van der Waals surface area contributed by atoms with Gasteiger partial charge in [-0.1, -0.05) is 13.0 Å². The molecule has 11 heteroatoms. The van der Waals surface area contributed by atoms with Crippen LogP contribution < -0.4 is 0 Å². The number of ether oxygens (including phenoxy) is 1. The summed E-state index contributed by atoms with van der Waals surface area (Å²) >= 11 is 0. The Hall–Kier alpha value is -1.98. The van der Waals surface area contributed by atoms with Crippen LogP contribution in [0, 0.1) is 0 Å². The van der Waals surface area contributed by atoms with Gasteiger partial charge in [-0.2, -0.15) is 13.2 Å². The van der Waals surface area contributed by atoms with Crippen LogP contribution in [0.15, 0.2) is 52.5 Å². The molecule has 1 atom stereocenters. The zero-order valence-electron chi connectivity index (χ0n) is 15.7. The van der Waals surface area contributed by atoms with E-state index in [1.807, 2.05) is 0 Å². The zero-order chi connectivity index (χ0) is 21.9. The van der Waals surface area contributed by atoms with Crippen molar-refractivity contribution in [3.05, 3.63) is 53.9 Å². The molecule has 1 heterocycles. The van der Waals surface area contributed by atoms with Gasteiger partial charge < -0.3 is 4.74 Å². The third-order valence-corrected chi connectivity index (χ3v) is 6.74. The highest BCUT2D eigenvalue weighted by Crippen LogP contribution is 2.32. The minimum Gasteiger partial charge on any atom is -0.372 e. The van der Waals surface area contributed by atoms with Crippen molar-refractivity contribution in [3.63, 3.8) is 0 Å². The van der Waals surface area contributed by atoms with Gasteiger partial charge in [0, 0.05) is 30.8 Å². The Labute approximate surface area is 167 Å². The smallest absolute Gasteiger partial charge is 0.372 e. The fourth-order valence-corrected chi connectivity index (χ4v) is 4.55.